The molecule has 100 valence electrons. The van der Waals surface area contributed by atoms with Gasteiger partial charge >= 0.3 is 0 Å². The van der Waals surface area contributed by atoms with E-state index in [9.17, 15) is 0 Å². The second-order valence-electron chi connectivity index (χ2n) is 4.78. The Hall–Kier alpha value is -2.30. The third kappa shape index (κ3) is 2.15. The van der Waals surface area contributed by atoms with E-state index >= 15 is 0 Å². The zero-order valence-electron chi connectivity index (χ0n) is 11.2. The van der Waals surface area contributed by atoms with Gasteiger partial charge in [-0.05, 0) is 41.1 Å². The van der Waals surface area contributed by atoms with Crippen LogP contribution in [-0.2, 0) is 0 Å². The second kappa shape index (κ2) is 5.36. The van der Waals surface area contributed by atoms with E-state index in [-0.39, 0.29) is 6.04 Å². The maximum Gasteiger partial charge on any atom is 0.0720 e. The molecular weight excluding hydrogens is 248 g/mol. The van der Waals surface area contributed by atoms with Crippen LogP contribution in [0.5, 0.6) is 0 Å². The second-order valence-corrected chi connectivity index (χ2v) is 4.78. The largest absolute Gasteiger partial charge is 0.271 e. The van der Waals surface area contributed by atoms with E-state index in [0.29, 0.717) is 0 Å². The highest BCUT2D eigenvalue weighted by Crippen LogP contribution is 2.29. The quantitative estimate of drug-likeness (QED) is 0.563. The van der Waals surface area contributed by atoms with Crippen molar-refractivity contribution in [3.8, 4) is 0 Å². The minimum Gasteiger partial charge on any atom is -0.271 e. The van der Waals surface area contributed by atoms with Crippen molar-refractivity contribution >= 4 is 10.8 Å². The Morgan fingerprint density at radius 2 is 1.80 bits per heavy atom. The van der Waals surface area contributed by atoms with Crippen LogP contribution < -0.4 is 11.3 Å². The highest BCUT2D eigenvalue weighted by Gasteiger charge is 2.16. The molecule has 0 aliphatic rings. The van der Waals surface area contributed by atoms with Crippen molar-refractivity contribution in [2.45, 2.75) is 13.0 Å². The first-order valence-corrected chi connectivity index (χ1v) is 6.50. The molecule has 0 saturated heterocycles. The summed E-state index contributed by atoms with van der Waals surface area (Å²) in [5.41, 5.74) is 6.26. The van der Waals surface area contributed by atoms with E-state index in [2.05, 4.69) is 27.5 Å². The van der Waals surface area contributed by atoms with Crippen LogP contribution in [0.2, 0.25) is 0 Å². The molecule has 3 rings (SSSR count). The number of hydrazine groups is 1. The lowest BCUT2D eigenvalue weighted by molar-refractivity contribution is 0.636. The Morgan fingerprint density at radius 1 is 1.00 bits per heavy atom. The molecule has 1 aromatic carbocycles. The van der Waals surface area contributed by atoms with Gasteiger partial charge in [0, 0.05) is 30.2 Å². The maximum atomic E-state index is 5.81. The lowest BCUT2D eigenvalue weighted by Crippen LogP contribution is -2.29. The van der Waals surface area contributed by atoms with Crippen LogP contribution in [0, 0.1) is 6.92 Å². The molecule has 0 aliphatic carbocycles. The average molecular weight is 264 g/mol. The number of benzene rings is 1. The molecule has 4 nitrogen and oxygen atoms in total. The van der Waals surface area contributed by atoms with Crippen LogP contribution in [0.3, 0.4) is 0 Å². The molecule has 3 N–H and O–H groups in total. The predicted octanol–water partition coefficient (Wildman–Crippen LogP) is 2.49. The van der Waals surface area contributed by atoms with Crippen LogP contribution in [0.15, 0.2) is 55.1 Å². The fraction of sp³-hybridized carbons (Fsp3) is 0.125. The van der Waals surface area contributed by atoms with Gasteiger partial charge in [0.05, 0.1) is 6.04 Å². The van der Waals surface area contributed by atoms with Crippen molar-refractivity contribution < 1.29 is 0 Å². The normalized spacial score (nSPS) is 12.5. The molecule has 3 aromatic rings. The molecule has 0 bridgehead atoms. The molecule has 2 aromatic heterocycles. The smallest absolute Gasteiger partial charge is 0.0720 e. The maximum absolute atomic E-state index is 5.81. The number of aryl methyl sites for hydroxylation is 1. The molecule has 2 heterocycles. The Morgan fingerprint density at radius 3 is 2.60 bits per heavy atom. The number of hydrogen-bond acceptors (Lipinski definition) is 4. The highest BCUT2D eigenvalue weighted by molar-refractivity contribution is 5.85. The molecule has 0 aliphatic heterocycles. The Balaban J connectivity index is 2.20. The van der Waals surface area contributed by atoms with Crippen molar-refractivity contribution in [3.05, 3.63) is 71.8 Å². The van der Waals surface area contributed by atoms with Gasteiger partial charge in [-0.3, -0.25) is 15.8 Å². The van der Waals surface area contributed by atoms with Crippen molar-refractivity contribution in [1.29, 1.82) is 0 Å². The van der Waals surface area contributed by atoms with Crippen LogP contribution in [0.25, 0.3) is 10.8 Å². The molecule has 0 amide bonds. The van der Waals surface area contributed by atoms with Gasteiger partial charge in [-0.25, -0.2) is 5.43 Å². The number of pyridine rings is 2. The van der Waals surface area contributed by atoms with Gasteiger partial charge in [0.25, 0.3) is 0 Å². The van der Waals surface area contributed by atoms with Gasteiger partial charge in [-0.15, -0.1) is 0 Å². The number of aromatic nitrogens is 2. The third-order valence-electron chi connectivity index (χ3n) is 3.57. The Bertz CT molecular complexity index is 734. The van der Waals surface area contributed by atoms with Crippen molar-refractivity contribution in [3.63, 3.8) is 0 Å². The molecular formula is C16H16N4. The summed E-state index contributed by atoms with van der Waals surface area (Å²) >= 11 is 0. The molecule has 0 spiro atoms. The minimum absolute atomic E-state index is 0.0779. The number of hydrogen-bond donors (Lipinski definition) is 2. The lowest BCUT2D eigenvalue weighted by atomic mass is 9.93. The van der Waals surface area contributed by atoms with Gasteiger partial charge in [0.15, 0.2) is 0 Å². The van der Waals surface area contributed by atoms with E-state index in [1.807, 2.05) is 37.5 Å². The monoisotopic (exact) mass is 264 g/mol. The number of nitrogens with one attached hydrogen (secondary N) is 1. The van der Waals surface area contributed by atoms with E-state index in [1.165, 1.54) is 0 Å². The molecule has 0 fully saturated rings. The van der Waals surface area contributed by atoms with Crippen LogP contribution in [0.1, 0.15) is 22.7 Å². The Labute approximate surface area is 117 Å². The summed E-state index contributed by atoms with van der Waals surface area (Å²) in [7, 11) is 0. The number of fused-ring (bicyclic) bond motifs is 1. The summed E-state index contributed by atoms with van der Waals surface area (Å²) in [6.07, 6.45) is 7.32. The molecule has 0 saturated carbocycles. The minimum atomic E-state index is -0.0779. The van der Waals surface area contributed by atoms with Gasteiger partial charge < -0.3 is 0 Å². The summed E-state index contributed by atoms with van der Waals surface area (Å²) in [4.78, 5) is 8.36. The Kier molecular flexibility index (Phi) is 3.41. The molecule has 20 heavy (non-hydrogen) atoms. The lowest BCUT2D eigenvalue weighted by Gasteiger charge is -2.20. The average Bonchev–Trinajstić information content (AvgIpc) is 2.50. The standard InChI is InChI=1S/C16H16N4/c1-11-9-18-8-6-13(11)16(20-17)14-4-2-3-12-5-7-19-10-15(12)14/h2-10,16,20H,17H2,1H3. The van der Waals surface area contributed by atoms with Gasteiger partial charge in [0.2, 0.25) is 0 Å². The van der Waals surface area contributed by atoms with E-state index in [0.717, 1.165) is 27.5 Å². The summed E-state index contributed by atoms with van der Waals surface area (Å²) in [6.45, 7) is 2.04. The summed E-state index contributed by atoms with van der Waals surface area (Å²) in [6, 6.07) is 10.1. The predicted molar refractivity (Wildman–Crippen MR) is 79.9 cm³/mol. The van der Waals surface area contributed by atoms with E-state index < -0.39 is 0 Å². The van der Waals surface area contributed by atoms with Crippen molar-refractivity contribution in [2.75, 3.05) is 0 Å². The first-order chi connectivity index (χ1) is 9.81. The van der Waals surface area contributed by atoms with Crippen molar-refractivity contribution in [2.24, 2.45) is 5.84 Å². The third-order valence-corrected chi connectivity index (χ3v) is 3.57. The molecule has 1 atom stereocenters. The van der Waals surface area contributed by atoms with Gasteiger partial charge in [-0.2, -0.15) is 0 Å². The van der Waals surface area contributed by atoms with Crippen LogP contribution >= 0.6 is 0 Å². The topological polar surface area (TPSA) is 63.8 Å². The zero-order valence-corrected chi connectivity index (χ0v) is 11.2. The number of rotatable bonds is 3. The van der Waals surface area contributed by atoms with Crippen molar-refractivity contribution in [1.82, 2.24) is 15.4 Å². The number of nitrogens with zero attached hydrogens (tertiary/aromatic N) is 2. The van der Waals surface area contributed by atoms with Gasteiger partial charge in [-0.1, -0.05) is 18.2 Å². The first-order valence-electron chi connectivity index (χ1n) is 6.50. The molecule has 0 radical (unpaired) electrons. The van der Waals surface area contributed by atoms with E-state index in [4.69, 9.17) is 5.84 Å². The molecule has 4 heteroatoms. The number of nitrogens with two attached hydrogens (primary N) is 1. The SMILES string of the molecule is Cc1cnccc1C(NN)c1cccc2ccncc12. The summed E-state index contributed by atoms with van der Waals surface area (Å²) in [5, 5.41) is 2.26. The highest BCUT2D eigenvalue weighted by atomic mass is 15.2. The van der Waals surface area contributed by atoms with Gasteiger partial charge in [0.1, 0.15) is 0 Å². The van der Waals surface area contributed by atoms with Crippen LogP contribution in [-0.4, -0.2) is 9.97 Å². The van der Waals surface area contributed by atoms with E-state index in [1.54, 1.807) is 12.4 Å². The first kappa shape index (κ1) is 12.7. The fourth-order valence-corrected chi connectivity index (χ4v) is 2.54. The fourth-order valence-electron chi connectivity index (χ4n) is 2.54. The summed E-state index contributed by atoms with van der Waals surface area (Å²) < 4.78 is 0. The summed E-state index contributed by atoms with van der Waals surface area (Å²) in [5.74, 6) is 5.81. The zero-order chi connectivity index (χ0) is 13.9. The van der Waals surface area contributed by atoms with Crippen LogP contribution in [0.4, 0.5) is 0 Å². The molecule has 1 unspecified atom stereocenters.